The summed E-state index contributed by atoms with van der Waals surface area (Å²) in [4.78, 5) is 17.9. The molecule has 0 radical (unpaired) electrons. The largest absolute Gasteiger partial charge is 0.495 e. The van der Waals surface area contributed by atoms with E-state index in [0.717, 1.165) is 0 Å². The zero-order valence-corrected chi connectivity index (χ0v) is 18.1. The third kappa shape index (κ3) is 4.52. The minimum atomic E-state index is -0.416. The first-order valence-electron chi connectivity index (χ1n) is 9.44. The smallest absolute Gasteiger partial charge is 0.266 e. The summed E-state index contributed by atoms with van der Waals surface area (Å²) in [6.45, 7) is 0.248. The lowest BCUT2D eigenvalue weighted by Crippen LogP contribution is -2.22. The summed E-state index contributed by atoms with van der Waals surface area (Å²) in [5.74, 6) is 0.748. The molecule has 3 aromatic carbocycles. The highest BCUT2D eigenvalue weighted by molar-refractivity contribution is 7.99. The zero-order valence-electron chi connectivity index (χ0n) is 16.5. The van der Waals surface area contributed by atoms with Gasteiger partial charge in [-0.1, -0.05) is 47.6 Å². The summed E-state index contributed by atoms with van der Waals surface area (Å²) in [5.41, 5.74) is 0.969. The lowest BCUT2D eigenvalue weighted by molar-refractivity contribution is 0.325. The van der Waals surface area contributed by atoms with Gasteiger partial charge in [-0.05, 0) is 42.5 Å². The van der Waals surface area contributed by atoms with E-state index in [1.165, 1.54) is 29.5 Å². The summed E-state index contributed by atoms with van der Waals surface area (Å²) in [7, 11) is 1.53. The maximum absolute atomic E-state index is 13.7. The van der Waals surface area contributed by atoms with E-state index in [4.69, 9.17) is 21.1 Å². The van der Waals surface area contributed by atoms with Gasteiger partial charge in [-0.3, -0.25) is 9.36 Å². The highest BCUT2D eigenvalue weighted by Crippen LogP contribution is 2.28. The van der Waals surface area contributed by atoms with Crippen molar-refractivity contribution in [1.29, 1.82) is 0 Å². The van der Waals surface area contributed by atoms with Gasteiger partial charge >= 0.3 is 0 Å². The van der Waals surface area contributed by atoms with Crippen LogP contribution in [0.4, 0.5) is 4.39 Å². The summed E-state index contributed by atoms with van der Waals surface area (Å²) in [6, 6.07) is 18.5. The van der Waals surface area contributed by atoms with E-state index in [9.17, 15) is 9.18 Å². The second kappa shape index (κ2) is 9.41. The molecule has 158 valence electrons. The molecule has 31 heavy (non-hydrogen) atoms. The van der Waals surface area contributed by atoms with Gasteiger partial charge in [0.2, 0.25) is 0 Å². The van der Waals surface area contributed by atoms with E-state index in [1.807, 2.05) is 6.07 Å². The quantitative estimate of drug-likeness (QED) is 0.213. The first kappa shape index (κ1) is 21.2. The summed E-state index contributed by atoms with van der Waals surface area (Å²) < 4.78 is 26.0. The number of hydrogen-bond acceptors (Lipinski definition) is 5. The van der Waals surface area contributed by atoms with Crippen molar-refractivity contribution in [3.8, 4) is 17.2 Å². The first-order chi connectivity index (χ1) is 15.1. The van der Waals surface area contributed by atoms with Crippen LogP contribution in [-0.2, 0) is 0 Å². The highest BCUT2D eigenvalue weighted by atomic mass is 35.5. The maximum Gasteiger partial charge on any atom is 0.266 e. The fourth-order valence-corrected chi connectivity index (χ4v) is 4.16. The molecule has 4 rings (SSSR count). The molecule has 0 fully saturated rings. The van der Waals surface area contributed by atoms with Crippen LogP contribution in [0.2, 0.25) is 5.02 Å². The average molecular weight is 457 g/mol. The molecular weight excluding hydrogens is 439 g/mol. The van der Waals surface area contributed by atoms with Crippen LogP contribution >= 0.6 is 23.4 Å². The van der Waals surface area contributed by atoms with Crippen LogP contribution in [0.3, 0.4) is 0 Å². The Morgan fingerprint density at radius 2 is 1.84 bits per heavy atom. The van der Waals surface area contributed by atoms with Crippen molar-refractivity contribution in [3.63, 3.8) is 0 Å². The van der Waals surface area contributed by atoms with Crippen molar-refractivity contribution in [3.05, 3.63) is 87.9 Å². The Morgan fingerprint density at radius 1 is 1.06 bits per heavy atom. The first-order valence-corrected chi connectivity index (χ1v) is 10.8. The second-order valence-corrected chi connectivity index (χ2v) is 7.97. The van der Waals surface area contributed by atoms with Crippen molar-refractivity contribution in [2.24, 2.45) is 0 Å². The van der Waals surface area contributed by atoms with Crippen LogP contribution in [0.15, 0.2) is 76.7 Å². The lowest BCUT2D eigenvalue weighted by Gasteiger charge is -2.14. The van der Waals surface area contributed by atoms with Gasteiger partial charge in [-0.25, -0.2) is 9.37 Å². The molecule has 0 aliphatic heterocycles. The number of hydrogen-bond donors (Lipinski definition) is 0. The van der Waals surface area contributed by atoms with Crippen LogP contribution in [0, 0.1) is 5.82 Å². The Balaban J connectivity index is 1.66. The molecule has 5 nitrogen and oxygen atoms in total. The molecule has 1 heterocycles. The molecule has 0 bridgehead atoms. The third-order valence-corrected chi connectivity index (χ3v) is 5.75. The van der Waals surface area contributed by atoms with E-state index in [-0.39, 0.29) is 17.9 Å². The molecule has 0 saturated carbocycles. The van der Waals surface area contributed by atoms with Crippen LogP contribution in [0.25, 0.3) is 16.6 Å². The number of nitrogens with zero attached hydrogens (tertiary/aromatic N) is 2. The highest BCUT2D eigenvalue weighted by Gasteiger charge is 2.15. The van der Waals surface area contributed by atoms with Crippen molar-refractivity contribution < 1.29 is 13.9 Å². The molecule has 0 saturated heterocycles. The Kier molecular flexibility index (Phi) is 6.44. The molecule has 0 N–H and O–H groups in total. The van der Waals surface area contributed by atoms with Crippen molar-refractivity contribution in [1.82, 2.24) is 9.55 Å². The van der Waals surface area contributed by atoms with Crippen molar-refractivity contribution in [2.75, 3.05) is 19.5 Å². The Morgan fingerprint density at radius 3 is 2.61 bits per heavy atom. The van der Waals surface area contributed by atoms with E-state index < -0.39 is 5.82 Å². The molecule has 0 atom stereocenters. The predicted octanol–water partition coefficient (Wildman–Crippen LogP) is 5.36. The molecule has 0 unspecified atom stereocenters. The van der Waals surface area contributed by atoms with E-state index in [0.29, 0.717) is 38.3 Å². The number of fused-ring (bicyclic) bond motifs is 1. The predicted molar refractivity (Wildman–Crippen MR) is 122 cm³/mol. The maximum atomic E-state index is 13.7. The Labute approximate surface area is 187 Å². The number of halogens is 2. The van der Waals surface area contributed by atoms with E-state index >= 15 is 0 Å². The molecule has 0 aliphatic carbocycles. The number of thioether (sulfide) groups is 1. The second-order valence-electron chi connectivity index (χ2n) is 6.50. The number of ether oxygens (including phenoxy) is 2. The van der Waals surface area contributed by atoms with Gasteiger partial charge in [-0.15, -0.1) is 0 Å². The summed E-state index contributed by atoms with van der Waals surface area (Å²) in [5, 5.41) is 1.38. The van der Waals surface area contributed by atoms with Gasteiger partial charge in [0.25, 0.3) is 5.56 Å². The number of methoxy groups -OCH3 is 1. The monoisotopic (exact) mass is 456 g/mol. The van der Waals surface area contributed by atoms with Gasteiger partial charge in [0.15, 0.2) is 16.7 Å². The van der Waals surface area contributed by atoms with Gasteiger partial charge < -0.3 is 9.47 Å². The van der Waals surface area contributed by atoms with Crippen molar-refractivity contribution in [2.45, 2.75) is 5.16 Å². The average Bonchev–Trinajstić information content (AvgIpc) is 2.78. The third-order valence-electron chi connectivity index (χ3n) is 4.55. The fraction of sp³-hybridized carbons (Fsp3) is 0.130. The van der Waals surface area contributed by atoms with Gasteiger partial charge in [0.1, 0.15) is 5.75 Å². The van der Waals surface area contributed by atoms with Gasteiger partial charge in [-0.2, -0.15) is 0 Å². The number of para-hydroxylation sites is 2. The SMILES string of the molecule is COc1ccc(-n2c(SCCOc3ccccc3F)nc3ccccc3c2=O)cc1Cl. The molecule has 1 aromatic heterocycles. The van der Waals surface area contributed by atoms with E-state index in [1.54, 1.807) is 54.6 Å². The molecule has 0 aliphatic rings. The standard InChI is InChI=1S/C23H18ClFN2O3S/c1-29-20-11-10-15(14-17(20)24)27-22(28)16-6-2-4-8-19(16)26-23(27)31-13-12-30-21-9-5-3-7-18(21)25/h2-11,14H,12-13H2,1H3. The van der Waals surface area contributed by atoms with Crippen LogP contribution < -0.4 is 15.0 Å². The summed E-state index contributed by atoms with van der Waals surface area (Å²) >= 11 is 7.63. The van der Waals surface area contributed by atoms with E-state index in [2.05, 4.69) is 4.98 Å². The topological polar surface area (TPSA) is 53.4 Å². The summed E-state index contributed by atoms with van der Waals surface area (Å²) in [6.07, 6.45) is 0. The van der Waals surface area contributed by atoms with Crippen LogP contribution in [0.1, 0.15) is 0 Å². The molecule has 4 aromatic rings. The minimum absolute atomic E-state index is 0.189. The number of rotatable bonds is 7. The Hall–Kier alpha value is -3.03. The Bertz CT molecular complexity index is 1300. The van der Waals surface area contributed by atoms with Crippen LogP contribution in [0.5, 0.6) is 11.5 Å². The minimum Gasteiger partial charge on any atom is -0.495 e. The normalized spacial score (nSPS) is 10.9. The molecule has 8 heteroatoms. The van der Waals surface area contributed by atoms with Gasteiger partial charge in [0.05, 0.1) is 35.3 Å². The van der Waals surface area contributed by atoms with Crippen LogP contribution in [-0.4, -0.2) is 29.0 Å². The zero-order chi connectivity index (χ0) is 21.8. The molecular formula is C23H18ClFN2O3S. The van der Waals surface area contributed by atoms with Gasteiger partial charge in [0, 0.05) is 5.75 Å². The molecule has 0 amide bonds. The van der Waals surface area contributed by atoms with Crippen molar-refractivity contribution >= 4 is 34.3 Å². The lowest BCUT2D eigenvalue weighted by atomic mass is 10.2. The number of benzene rings is 3. The number of aromatic nitrogens is 2. The fourth-order valence-electron chi connectivity index (χ4n) is 3.08. The molecule has 0 spiro atoms.